The van der Waals surface area contributed by atoms with Crippen molar-refractivity contribution < 1.29 is 9.47 Å². The summed E-state index contributed by atoms with van der Waals surface area (Å²) >= 11 is 5.86. The first kappa shape index (κ1) is 12.1. The first-order valence-electron chi connectivity index (χ1n) is 6.01. The molecule has 5 heteroatoms. The minimum absolute atomic E-state index is 0.0977. The molecule has 2 aromatic rings. The van der Waals surface area contributed by atoms with Crippen molar-refractivity contribution in [2.45, 2.75) is 13.0 Å². The highest BCUT2D eigenvalue weighted by Crippen LogP contribution is 2.34. The summed E-state index contributed by atoms with van der Waals surface area (Å²) in [5, 5.41) is 3.77. The Kier molecular flexibility index (Phi) is 3.17. The molecule has 3 rings (SSSR count). The number of nitrogens with one attached hydrogen (secondary N) is 1. The molecule has 19 heavy (non-hydrogen) atoms. The van der Waals surface area contributed by atoms with Gasteiger partial charge in [-0.2, -0.15) is 0 Å². The van der Waals surface area contributed by atoms with Crippen LogP contribution in [-0.4, -0.2) is 11.8 Å². The van der Waals surface area contributed by atoms with Crippen LogP contribution in [0.15, 0.2) is 36.4 Å². The molecule has 0 fully saturated rings. The van der Waals surface area contributed by atoms with Gasteiger partial charge >= 0.3 is 0 Å². The molecule has 2 heterocycles. The predicted octanol–water partition coefficient (Wildman–Crippen LogP) is 3.64. The summed E-state index contributed by atoms with van der Waals surface area (Å²) in [6, 6.07) is 11.5. The molecule has 0 saturated heterocycles. The molecule has 1 aliphatic rings. The lowest BCUT2D eigenvalue weighted by molar-refractivity contribution is 0.174. The standard InChI is InChI=1S/C14H13ClN2O2/c1-9(16-14-4-2-3-13(15)17-14)10-5-6-11-12(7-10)19-8-18-11/h2-7,9H,8H2,1H3,(H,16,17). The highest BCUT2D eigenvalue weighted by atomic mass is 35.5. The monoisotopic (exact) mass is 276 g/mol. The molecular weight excluding hydrogens is 264 g/mol. The molecule has 4 nitrogen and oxygen atoms in total. The molecule has 0 radical (unpaired) electrons. The Morgan fingerprint density at radius 3 is 2.89 bits per heavy atom. The molecule has 1 aromatic carbocycles. The first-order chi connectivity index (χ1) is 9.22. The zero-order valence-electron chi connectivity index (χ0n) is 10.4. The molecule has 1 N–H and O–H groups in total. The Morgan fingerprint density at radius 1 is 1.21 bits per heavy atom. The van der Waals surface area contributed by atoms with Gasteiger partial charge in [0.1, 0.15) is 11.0 Å². The van der Waals surface area contributed by atoms with Gasteiger partial charge in [-0.1, -0.05) is 23.7 Å². The third-order valence-electron chi connectivity index (χ3n) is 2.98. The number of aromatic nitrogens is 1. The van der Waals surface area contributed by atoms with Crippen molar-refractivity contribution in [1.82, 2.24) is 4.98 Å². The summed E-state index contributed by atoms with van der Waals surface area (Å²) in [7, 11) is 0. The van der Waals surface area contributed by atoms with Gasteiger partial charge in [0.25, 0.3) is 0 Å². The summed E-state index contributed by atoms with van der Waals surface area (Å²) in [5.41, 5.74) is 1.10. The van der Waals surface area contributed by atoms with Crippen LogP contribution >= 0.6 is 11.6 Å². The highest BCUT2D eigenvalue weighted by Gasteiger charge is 2.15. The maximum absolute atomic E-state index is 5.86. The number of halogens is 1. The van der Waals surface area contributed by atoms with E-state index in [0.29, 0.717) is 5.15 Å². The van der Waals surface area contributed by atoms with Crippen LogP contribution in [-0.2, 0) is 0 Å². The predicted molar refractivity (Wildman–Crippen MR) is 73.8 cm³/mol. The van der Waals surface area contributed by atoms with E-state index in [2.05, 4.69) is 17.2 Å². The first-order valence-corrected chi connectivity index (χ1v) is 6.39. The van der Waals surface area contributed by atoms with Crippen LogP contribution in [0.25, 0.3) is 0 Å². The lowest BCUT2D eigenvalue weighted by atomic mass is 10.1. The highest BCUT2D eigenvalue weighted by molar-refractivity contribution is 6.29. The Balaban J connectivity index is 1.78. The van der Waals surface area contributed by atoms with E-state index in [1.54, 1.807) is 6.07 Å². The van der Waals surface area contributed by atoms with E-state index in [1.807, 2.05) is 30.3 Å². The van der Waals surface area contributed by atoms with Crippen molar-refractivity contribution in [3.05, 3.63) is 47.1 Å². The lowest BCUT2D eigenvalue weighted by Crippen LogP contribution is -2.07. The van der Waals surface area contributed by atoms with E-state index >= 15 is 0 Å². The number of pyridine rings is 1. The van der Waals surface area contributed by atoms with Gasteiger partial charge in [-0.15, -0.1) is 0 Å². The maximum atomic E-state index is 5.86. The summed E-state index contributed by atoms with van der Waals surface area (Å²) in [5.74, 6) is 2.32. The van der Waals surface area contributed by atoms with E-state index in [0.717, 1.165) is 22.9 Å². The summed E-state index contributed by atoms with van der Waals surface area (Å²) in [4.78, 5) is 4.21. The van der Waals surface area contributed by atoms with Crippen molar-refractivity contribution in [2.24, 2.45) is 0 Å². The van der Waals surface area contributed by atoms with Crippen molar-refractivity contribution in [3.63, 3.8) is 0 Å². The van der Waals surface area contributed by atoms with Gasteiger partial charge in [-0.25, -0.2) is 4.98 Å². The van der Waals surface area contributed by atoms with Gasteiger partial charge in [0, 0.05) is 0 Å². The minimum atomic E-state index is 0.0977. The van der Waals surface area contributed by atoms with Crippen molar-refractivity contribution in [1.29, 1.82) is 0 Å². The quantitative estimate of drug-likeness (QED) is 0.869. The number of anilines is 1. The fourth-order valence-electron chi connectivity index (χ4n) is 1.98. The largest absolute Gasteiger partial charge is 0.454 e. The topological polar surface area (TPSA) is 43.4 Å². The van der Waals surface area contributed by atoms with E-state index < -0.39 is 0 Å². The maximum Gasteiger partial charge on any atom is 0.231 e. The van der Waals surface area contributed by atoms with Crippen LogP contribution in [0.2, 0.25) is 5.15 Å². The number of rotatable bonds is 3. The van der Waals surface area contributed by atoms with Crippen LogP contribution in [0.5, 0.6) is 11.5 Å². The number of hydrogen-bond acceptors (Lipinski definition) is 4. The number of ether oxygens (including phenoxy) is 2. The molecule has 1 unspecified atom stereocenters. The fraction of sp³-hybridized carbons (Fsp3) is 0.214. The van der Waals surface area contributed by atoms with Gasteiger partial charge in [0.15, 0.2) is 11.5 Å². The van der Waals surface area contributed by atoms with Crippen LogP contribution in [0.1, 0.15) is 18.5 Å². The summed E-state index contributed by atoms with van der Waals surface area (Å²) in [6.07, 6.45) is 0. The van der Waals surface area contributed by atoms with Crippen LogP contribution < -0.4 is 14.8 Å². The Bertz CT molecular complexity index is 604. The molecule has 1 aromatic heterocycles. The lowest BCUT2D eigenvalue weighted by Gasteiger charge is -2.15. The number of fused-ring (bicyclic) bond motifs is 1. The molecule has 0 aliphatic carbocycles. The zero-order valence-corrected chi connectivity index (χ0v) is 11.1. The van der Waals surface area contributed by atoms with Gasteiger partial charge in [-0.3, -0.25) is 0 Å². The number of benzene rings is 1. The molecule has 0 amide bonds. The van der Waals surface area contributed by atoms with E-state index in [9.17, 15) is 0 Å². The summed E-state index contributed by atoms with van der Waals surface area (Å²) in [6.45, 7) is 2.34. The van der Waals surface area contributed by atoms with Gasteiger partial charge in [0.2, 0.25) is 6.79 Å². The average Bonchev–Trinajstić information content (AvgIpc) is 2.85. The number of nitrogens with zero attached hydrogens (tertiary/aromatic N) is 1. The second kappa shape index (κ2) is 4.97. The normalized spacial score (nSPS) is 14.2. The fourth-order valence-corrected chi connectivity index (χ4v) is 2.14. The third-order valence-corrected chi connectivity index (χ3v) is 3.19. The molecule has 98 valence electrons. The Hall–Kier alpha value is -1.94. The molecule has 1 aliphatic heterocycles. The minimum Gasteiger partial charge on any atom is -0.454 e. The van der Waals surface area contributed by atoms with Crippen LogP contribution in [0, 0.1) is 0 Å². The third kappa shape index (κ3) is 2.58. The van der Waals surface area contributed by atoms with Crippen LogP contribution in [0.4, 0.5) is 5.82 Å². The van der Waals surface area contributed by atoms with Crippen molar-refractivity contribution in [3.8, 4) is 11.5 Å². The van der Waals surface area contributed by atoms with E-state index in [-0.39, 0.29) is 12.8 Å². The second-order valence-corrected chi connectivity index (χ2v) is 4.71. The van der Waals surface area contributed by atoms with E-state index in [1.165, 1.54) is 0 Å². The van der Waals surface area contributed by atoms with Crippen molar-refractivity contribution in [2.75, 3.05) is 12.1 Å². The Morgan fingerprint density at radius 2 is 2.05 bits per heavy atom. The van der Waals surface area contributed by atoms with Gasteiger partial charge < -0.3 is 14.8 Å². The molecule has 0 bridgehead atoms. The molecular formula is C14H13ClN2O2. The smallest absolute Gasteiger partial charge is 0.231 e. The van der Waals surface area contributed by atoms with E-state index in [4.69, 9.17) is 21.1 Å². The Labute approximate surface area is 116 Å². The molecule has 0 saturated carbocycles. The second-order valence-electron chi connectivity index (χ2n) is 4.32. The molecule has 0 spiro atoms. The SMILES string of the molecule is CC(Nc1cccc(Cl)n1)c1ccc2c(c1)OCO2. The van der Waals surface area contributed by atoms with Crippen molar-refractivity contribution >= 4 is 17.4 Å². The van der Waals surface area contributed by atoms with Gasteiger partial charge in [0.05, 0.1) is 6.04 Å². The summed E-state index contributed by atoms with van der Waals surface area (Å²) < 4.78 is 10.7. The zero-order chi connectivity index (χ0) is 13.2. The molecule has 1 atom stereocenters. The number of hydrogen-bond donors (Lipinski definition) is 1. The van der Waals surface area contributed by atoms with Gasteiger partial charge in [-0.05, 0) is 36.8 Å². The average molecular weight is 277 g/mol. The van der Waals surface area contributed by atoms with Crippen LogP contribution in [0.3, 0.4) is 0 Å².